The van der Waals surface area contributed by atoms with Gasteiger partial charge in [0.05, 0.1) is 25.7 Å². The summed E-state index contributed by atoms with van der Waals surface area (Å²) in [4.78, 5) is 22.4. The number of nitrogens with zero attached hydrogens (tertiary/aromatic N) is 3. The van der Waals surface area contributed by atoms with E-state index in [1.165, 1.54) is 0 Å². The first kappa shape index (κ1) is 17.4. The summed E-state index contributed by atoms with van der Waals surface area (Å²) in [5, 5.41) is 0. The molecule has 1 atom stereocenters. The van der Waals surface area contributed by atoms with E-state index in [-0.39, 0.29) is 12.0 Å². The first-order valence-electron chi connectivity index (χ1n) is 8.63. The third-order valence-electron chi connectivity index (χ3n) is 4.19. The molecule has 0 saturated carbocycles. The average Bonchev–Trinajstić information content (AvgIpc) is 2.68. The van der Waals surface area contributed by atoms with Crippen LogP contribution in [0.5, 0.6) is 5.75 Å². The van der Waals surface area contributed by atoms with Gasteiger partial charge in [-0.3, -0.25) is 4.79 Å². The maximum Gasteiger partial charge on any atom is 0.226 e. The molecule has 0 bridgehead atoms. The van der Waals surface area contributed by atoms with Gasteiger partial charge in [-0.05, 0) is 31.0 Å². The van der Waals surface area contributed by atoms with Crippen LogP contribution in [0, 0.1) is 0 Å². The fourth-order valence-corrected chi connectivity index (χ4v) is 2.83. The lowest BCUT2D eigenvalue weighted by Gasteiger charge is -2.33. The van der Waals surface area contributed by atoms with E-state index in [1.807, 2.05) is 41.3 Å². The van der Waals surface area contributed by atoms with Crippen molar-refractivity contribution in [3.8, 4) is 5.75 Å². The monoisotopic (exact) mass is 341 g/mol. The summed E-state index contributed by atoms with van der Waals surface area (Å²) in [7, 11) is 0. The molecule has 2 heterocycles. The van der Waals surface area contributed by atoms with Crippen LogP contribution in [0.2, 0.25) is 0 Å². The first-order valence-corrected chi connectivity index (χ1v) is 8.63. The van der Waals surface area contributed by atoms with Gasteiger partial charge in [-0.2, -0.15) is 0 Å². The fourth-order valence-electron chi connectivity index (χ4n) is 2.83. The average molecular weight is 341 g/mol. The number of rotatable bonds is 7. The lowest BCUT2D eigenvalue weighted by Crippen LogP contribution is -2.46. The molecule has 1 aromatic heterocycles. The zero-order chi connectivity index (χ0) is 17.3. The molecule has 0 spiro atoms. The number of ether oxygens (including phenoxy) is 2. The van der Waals surface area contributed by atoms with Gasteiger partial charge in [0, 0.05) is 25.0 Å². The Morgan fingerprint density at radius 1 is 1.28 bits per heavy atom. The van der Waals surface area contributed by atoms with E-state index >= 15 is 0 Å². The van der Waals surface area contributed by atoms with E-state index in [0.29, 0.717) is 32.7 Å². The topological polar surface area (TPSA) is 64.5 Å². The van der Waals surface area contributed by atoms with Crippen molar-refractivity contribution < 1.29 is 14.3 Å². The Kier molecular flexibility index (Phi) is 6.34. The van der Waals surface area contributed by atoms with Crippen LogP contribution in [0.3, 0.4) is 0 Å². The predicted octanol–water partition coefficient (Wildman–Crippen LogP) is 2.11. The van der Waals surface area contributed by atoms with Crippen LogP contribution in [-0.2, 0) is 16.0 Å². The quantitative estimate of drug-likeness (QED) is 0.772. The SMILES string of the molecule is O=C(CCOc1ccccc1)N1CCOC(CCc2ccncn2)C1. The van der Waals surface area contributed by atoms with Crippen molar-refractivity contribution in [1.82, 2.24) is 14.9 Å². The van der Waals surface area contributed by atoms with E-state index < -0.39 is 0 Å². The van der Waals surface area contributed by atoms with Crippen LogP contribution in [0.15, 0.2) is 48.9 Å². The van der Waals surface area contributed by atoms with Crippen LogP contribution in [0.1, 0.15) is 18.5 Å². The highest BCUT2D eigenvalue weighted by molar-refractivity contribution is 5.76. The van der Waals surface area contributed by atoms with Crippen LogP contribution < -0.4 is 4.74 Å². The summed E-state index contributed by atoms with van der Waals surface area (Å²) >= 11 is 0. The highest BCUT2D eigenvalue weighted by Gasteiger charge is 2.24. The van der Waals surface area contributed by atoms with Crippen LogP contribution in [0.25, 0.3) is 0 Å². The zero-order valence-corrected chi connectivity index (χ0v) is 14.2. The number of hydrogen-bond acceptors (Lipinski definition) is 5. The molecule has 6 heteroatoms. The van der Waals surface area contributed by atoms with Crippen molar-refractivity contribution >= 4 is 5.91 Å². The number of aryl methyl sites for hydroxylation is 1. The van der Waals surface area contributed by atoms with Crippen molar-refractivity contribution in [2.24, 2.45) is 0 Å². The molecule has 1 saturated heterocycles. The van der Waals surface area contributed by atoms with Gasteiger partial charge < -0.3 is 14.4 Å². The third kappa shape index (κ3) is 5.53. The van der Waals surface area contributed by atoms with Gasteiger partial charge >= 0.3 is 0 Å². The van der Waals surface area contributed by atoms with Crippen LogP contribution >= 0.6 is 0 Å². The number of carbonyl (C=O) groups is 1. The number of aromatic nitrogens is 2. The molecule has 132 valence electrons. The molecular formula is C19H23N3O3. The van der Waals surface area contributed by atoms with Crippen LogP contribution in [0.4, 0.5) is 0 Å². The number of hydrogen-bond donors (Lipinski definition) is 0. The van der Waals surface area contributed by atoms with Crippen molar-refractivity contribution in [3.63, 3.8) is 0 Å². The van der Waals surface area contributed by atoms with Crippen molar-refractivity contribution in [3.05, 3.63) is 54.6 Å². The van der Waals surface area contributed by atoms with Gasteiger partial charge in [-0.15, -0.1) is 0 Å². The maximum absolute atomic E-state index is 12.4. The largest absolute Gasteiger partial charge is 0.493 e. The molecule has 3 rings (SSSR count). The summed E-state index contributed by atoms with van der Waals surface area (Å²) in [6.07, 6.45) is 5.41. The Bertz CT molecular complexity index is 651. The van der Waals surface area contributed by atoms with Crippen molar-refractivity contribution in [2.75, 3.05) is 26.3 Å². The molecule has 1 aliphatic heterocycles. The maximum atomic E-state index is 12.4. The van der Waals surface area contributed by atoms with Gasteiger partial charge in [0.15, 0.2) is 0 Å². The van der Waals surface area contributed by atoms with Crippen LogP contribution in [-0.4, -0.2) is 53.2 Å². The molecule has 1 fully saturated rings. The Balaban J connectivity index is 1.40. The second-order valence-corrected chi connectivity index (χ2v) is 5.98. The second-order valence-electron chi connectivity index (χ2n) is 5.98. The molecule has 6 nitrogen and oxygen atoms in total. The molecule has 1 amide bonds. The molecule has 1 unspecified atom stereocenters. The Morgan fingerprint density at radius 3 is 2.96 bits per heavy atom. The van der Waals surface area contributed by atoms with Gasteiger partial charge in [-0.25, -0.2) is 9.97 Å². The lowest BCUT2D eigenvalue weighted by atomic mass is 10.1. The van der Waals surface area contributed by atoms with Crippen molar-refractivity contribution in [1.29, 1.82) is 0 Å². The summed E-state index contributed by atoms with van der Waals surface area (Å²) in [5.41, 5.74) is 0.998. The highest BCUT2D eigenvalue weighted by Crippen LogP contribution is 2.13. The zero-order valence-electron chi connectivity index (χ0n) is 14.2. The summed E-state index contributed by atoms with van der Waals surface area (Å²) in [6, 6.07) is 11.5. The van der Waals surface area contributed by atoms with E-state index in [1.54, 1.807) is 12.5 Å². The van der Waals surface area contributed by atoms with Gasteiger partial charge in [0.25, 0.3) is 0 Å². The minimum atomic E-state index is 0.0581. The minimum absolute atomic E-state index is 0.0581. The van der Waals surface area contributed by atoms with E-state index in [9.17, 15) is 4.79 Å². The number of amides is 1. The Labute approximate surface area is 147 Å². The smallest absolute Gasteiger partial charge is 0.226 e. The van der Waals surface area contributed by atoms with Gasteiger partial charge in [0.2, 0.25) is 5.91 Å². The number of morpholine rings is 1. The summed E-state index contributed by atoms with van der Waals surface area (Å²) in [5.74, 6) is 0.909. The molecular weight excluding hydrogens is 318 g/mol. The predicted molar refractivity (Wildman–Crippen MR) is 93.2 cm³/mol. The Morgan fingerprint density at radius 2 is 2.16 bits per heavy atom. The second kappa shape index (κ2) is 9.13. The molecule has 2 aromatic rings. The number of carbonyl (C=O) groups excluding carboxylic acids is 1. The van der Waals surface area contributed by atoms with Gasteiger partial charge in [-0.1, -0.05) is 18.2 Å². The normalized spacial score (nSPS) is 17.3. The first-order chi connectivity index (χ1) is 12.3. The molecule has 0 radical (unpaired) electrons. The summed E-state index contributed by atoms with van der Waals surface area (Å²) in [6.45, 7) is 2.26. The van der Waals surface area contributed by atoms with E-state index in [0.717, 1.165) is 24.3 Å². The number of benzene rings is 1. The summed E-state index contributed by atoms with van der Waals surface area (Å²) < 4.78 is 11.4. The fraction of sp³-hybridized carbons (Fsp3) is 0.421. The Hall–Kier alpha value is -2.47. The lowest BCUT2D eigenvalue weighted by molar-refractivity contribution is -0.139. The molecule has 1 aliphatic rings. The molecule has 1 aromatic carbocycles. The molecule has 0 N–H and O–H groups in total. The van der Waals surface area contributed by atoms with Crippen molar-refractivity contribution in [2.45, 2.75) is 25.4 Å². The molecule has 25 heavy (non-hydrogen) atoms. The van der Waals surface area contributed by atoms with Gasteiger partial charge in [0.1, 0.15) is 12.1 Å². The molecule has 0 aliphatic carbocycles. The standard InChI is InChI=1S/C19H23N3O3/c23-19(9-12-24-17-4-2-1-3-5-17)22-11-13-25-18(14-22)7-6-16-8-10-20-15-21-16/h1-5,8,10,15,18H,6-7,9,11-14H2. The minimum Gasteiger partial charge on any atom is -0.493 e. The van der Waals surface area contributed by atoms with E-state index in [4.69, 9.17) is 9.47 Å². The highest BCUT2D eigenvalue weighted by atomic mass is 16.5. The number of para-hydroxylation sites is 1. The third-order valence-corrected chi connectivity index (χ3v) is 4.19. The van der Waals surface area contributed by atoms with E-state index in [2.05, 4.69) is 9.97 Å².